The van der Waals surface area contributed by atoms with Crippen molar-refractivity contribution in [2.75, 3.05) is 11.9 Å². The van der Waals surface area contributed by atoms with Crippen LogP contribution in [0.5, 0.6) is 0 Å². The summed E-state index contributed by atoms with van der Waals surface area (Å²) >= 11 is 0. The molecule has 0 saturated carbocycles. The second-order valence-corrected chi connectivity index (χ2v) is 4.48. The van der Waals surface area contributed by atoms with Crippen molar-refractivity contribution in [1.82, 2.24) is 5.32 Å². The zero-order valence-electron chi connectivity index (χ0n) is 11.1. The number of carbonyl (C=O) groups is 1. The van der Waals surface area contributed by atoms with Crippen LogP contribution in [0.15, 0.2) is 18.2 Å². The van der Waals surface area contributed by atoms with Gasteiger partial charge in [-0.1, -0.05) is 24.6 Å². The van der Waals surface area contributed by atoms with Crippen LogP contribution in [0.4, 0.5) is 5.69 Å². The third-order valence-electron chi connectivity index (χ3n) is 2.70. The minimum absolute atomic E-state index is 0.0480. The lowest BCUT2D eigenvalue weighted by Crippen LogP contribution is -2.38. The quantitative estimate of drug-likeness (QED) is 0.822. The number of carbonyl (C=O) groups excluding carboxylic acids is 1. The molecule has 0 radical (unpaired) electrons. The van der Waals surface area contributed by atoms with E-state index < -0.39 is 0 Å². The molecule has 0 aliphatic heterocycles. The molecular weight excluding hydrogens is 212 g/mol. The number of nitrogens with one attached hydrogen (secondary N) is 2. The van der Waals surface area contributed by atoms with Gasteiger partial charge in [0.05, 0.1) is 0 Å². The van der Waals surface area contributed by atoms with Gasteiger partial charge in [0.15, 0.2) is 0 Å². The second kappa shape index (κ2) is 6.28. The minimum atomic E-state index is -0.206. The highest BCUT2D eigenvalue weighted by atomic mass is 16.2. The molecule has 0 heterocycles. The number of amides is 1. The topological polar surface area (TPSA) is 41.1 Å². The summed E-state index contributed by atoms with van der Waals surface area (Å²) < 4.78 is 0. The van der Waals surface area contributed by atoms with Crippen molar-refractivity contribution in [1.29, 1.82) is 0 Å². The van der Waals surface area contributed by atoms with Crippen LogP contribution in [0.2, 0.25) is 0 Å². The van der Waals surface area contributed by atoms with Crippen molar-refractivity contribution in [3.8, 4) is 0 Å². The van der Waals surface area contributed by atoms with Gasteiger partial charge in [0, 0.05) is 12.2 Å². The van der Waals surface area contributed by atoms with Gasteiger partial charge in [-0.3, -0.25) is 4.79 Å². The van der Waals surface area contributed by atoms with E-state index in [1.54, 1.807) is 0 Å². The summed E-state index contributed by atoms with van der Waals surface area (Å²) in [6.45, 7) is 8.77. The molecule has 0 aromatic heterocycles. The Morgan fingerprint density at radius 3 is 2.65 bits per heavy atom. The molecule has 2 N–H and O–H groups in total. The normalized spacial score (nSPS) is 12.0. The maximum Gasteiger partial charge on any atom is 0.242 e. The van der Waals surface area contributed by atoms with Gasteiger partial charge >= 0.3 is 0 Å². The van der Waals surface area contributed by atoms with E-state index in [0.717, 1.165) is 18.7 Å². The molecule has 0 aliphatic carbocycles. The molecule has 0 unspecified atom stereocenters. The number of rotatable bonds is 5. The maximum absolute atomic E-state index is 11.7. The summed E-state index contributed by atoms with van der Waals surface area (Å²) in [7, 11) is 0. The summed E-state index contributed by atoms with van der Waals surface area (Å²) in [6, 6.07) is 5.97. The van der Waals surface area contributed by atoms with E-state index in [9.17, 15) is 4.79 Å². The molecular formula is C14H22N2O. The summed E-state index contributed by atoms with van der Waals surface area (Å²) in [6.07, 6.45) is 0.960. The Bertz CT molecular complexity index is 388. The first-order chi connectivity index (χ1) is 8.04. The van der Waals surface area contributed by atoms with Gasteiger partial charge in [0.2, 0.25) is 5.91 Å². The number of benzene rings is 1. The van der Waals surface area contributed by atoms with Crippen molar-refractivity contribution < 1.29 is 4.79 Å². The smallest absolute Gasteiger partial charge is 0.242 e. The molecule has 1 aromatic rings. The molecule has 17 heavy (non-hydrogen) atoms. The molecule has 1 aromatic carbocycles. The molecule has 0 fully saturated rings. The van der Waals surface area contributed by atoms with Gasteiger partial charge in [-0.2, -0.15) is 0 Å². The molecule has 3 heteroatoms. The molecule has 0 saturated heterocycles. The van der Waals surface area contributed by atoms with E-state index >= 15 is 0 Å². The van der Waals surface area contributed by atoms with Crippen molar-refractivity contribution >= 4 is 11.6 Å². The third kappa shape index (κ3) is 4.10. The number of anilines is 1. The van der Waals surface area contributed by atoms with Crippen molar-refractivity contribution in [2.24, 2.45) is 0 Å². The Morgan fingerprint density at radius 2 is 2.06 bits per heavy atom. The van der Waals surface area contributed by atoms with Crippen LogP contribution in [0, 0.1) is 13.8 Å². The third-order valence-corrected chi connectivity index (χ3v) is 2.70. The minimum Gasteiger partial charge on any atom is -0.374 e. The molecule has 0 spiro atoms. The molecule has 0 aliphatic rings. The average Bonchev–Trinajstić information content (AvgIpc) is 2.29. The lowest BCUT2D eigenvalue weighted by atomic mass is 10.1. The highest BCUT2D eigenvalue weighted by Crippen LogP contribution is 2.16. The van der Waals surface area contributed by atoms with E-state index in [2.05, 4.69) is 23.6 Å². The van der Waals surface area contributed by atoms with Crippen LogP contribution in [0.25, 0.3) is 0 Å². The number of hydrogen-bond donors (Lipinski definition) is 2. The Kier molecular flexibility index (Phi) is 5.01. The fourth-order valence-electron chi connectivity index (χ4n) is 1.68. The fraction of sp³-hybridized carbons (Fsp3) is 0.500. The van der Waals surface area contributed by atoms with Gasteiger partial charge in [-0.05, 0) is 38.8 Å². The Morgan fingerprint density at radius 1 is 1.35 bits per heavy atom. The van der Waals surface area contributed by atoms with Gasteiger partial charge in [-0.25, -0.2) is 0 Å². The van der Waals surface area contributed by atoms with Crippen LogP contribution in [-0.4, -0.2) is 18.5 Å². The average molecular weight is 234 g/mol. The number of aryl methyl sites for hydroxylation is 2. The van der Waals surface area contributed by atoms with Gasteiger partial charge < -0.3 is 10.6 Å². The second-order valence-electron chi connectivity index (χ2n) is 4.48. The molecule has 1 rings (SSSR count). The molecule has 1 amide bonds. The molecule has 1 atom stereocenters. The summed E-state index contributed by atoms with van der Waals surface area (Å²) in [5, 5.41) is 6.12. The summed E-state index contributed by atoms with van der Waals surface area (Å²) in [5.41, 5.74) is 3.42. The van der Waals surface area contributed by atoms with Crippen LogP contribution in [-0.2, 0) is 4.79 Å². The highest BCUT2D eigenvalue weighted by molar-refractivity contribution is 5.84. The largest absolute Gasteiger partial charge is 0.374 e. The predicted octanol–water partition coefficient (Wildman–Crippen LogP) is 2.63. The predicted molar refractivity (Wildman–Crippen MR) is 72.3 cm³/mol. The summed E-state index contributed by atoms with van der Waals surface area (Å²) in [4.78, 5) is 11.7. The zero-order valence-corrected chi connectivity index (χ0v) is 11.1. The lowest BCUT2D eigenvalue weighted by molar-refractivity contribution is -0.121. The van der Waals surface area contributed by atoms with Crippen LogP contribution in [0.3, 0.4) is 0 Å². The van der Waals surface area contributed by atoms with E-state index in [1.807, 2.05) is 32.9 Å². The fourth-order valence-corrected chi connectivity index (χ4v) is 1.68. The van der Waals surface area contributed by atoms with E-state index in [4.69, 9.17) is 0 Å². The monoisotopic (exact) mass is 234 g/mol. The van der Waals surface area contributed by atoms with E-state index in [0.29, 0.717) is 0 Å². The first-order valence-corrected chi connectivity index (χ1v) is 6.16. The summed E-state index contributed by atoms with van der Waals surface area (Å²) in [5.74, 6) is 0.0480. The van der Waals surface area contributed by atoms with Crippen LogP contribution >= 0.6 is 0 Å². The van der Waals surface area contributed by atoms with Crippen molar-refractivity contribution in [3.05, 3.63) is 29.3 Å². The van der Waals surface area contributed by atoms with E-state index in [-0.39, 0.29) is 11.9 Å². The first-order valence-electron chi connectivity index (χ1n) is 6.16. The maximum atomic E-state index is 11.7. The standard InChI is InChI=1S/C14H22N2O/c1-5-8-15-14(17)12(4)16-13-7-6-10(2)9-11(13)3/h6-7,9,12,16H,5,8H2,1-4H3,(H,15,17)/t12-/m0/s1. The lowest BCUT2D eigenvalue weighted by Gasteiger charge is -2.17. The Balaban J connectivity index is 2.61. The van der Waals surface area contributed by atoms with Gasteiger partial charge in [0.25, 0.3) is 0 Å². The highest BCUT2D eigenvalue weighted by Gasteiger charge is 2.12. The van der Waals surface area contributed by atoms with E-state index in [1.165, 1.54) is 11.1 Å². The molecule has 94 valence electrons. The van der Waals surface area contributed by atoms with Gasteiger partial charge in [0.1, 0.15) is 6.04 Å². The van der Waals surface area contributed by atoms with Crippen molar-refractivity contribution in [2.45, 2.75) is 40.2 Å². The Hall–Kier alpha value is -1.51. The van der Waals surface area contributed by atoms with Gasteiger partial charge in [-0.15, -0.1) is 0 Å². The molecule has 0 bridgehead atoms. The SMILES string of the molecule is CCCNC(=O)[C@H](C)Nc1ccc(C)cc1C. The first kappa shape index (κ1) is 13.6. The zero-order chi connectivity index (χ0) is 12.8. The van der Waals surface area contributed by atoms with Crippen LogP contribution < -0.4 is 10.6 Å². The van der Waals surface area contributed by atoms with Crippen LogP contribution in [0.1, 0.15) is 31.4 Å². The Labute approximate surface area is 104 Å². The van der Waals surface area contributed by atoms with Crippen molar-refractivity contribution in [3.63, 3.8) is 0 Å². The molecule has 3 nitrogen and oxygen atoms in total. The number of hydrogen-bond acceptors (Lipinski definition) is 2.